The molecule has 0 aliphatic carbocycles. The average Bonchev–Trinajstić information content (AvgIpc) is 3.02. The van der Waals surface area contributed by atoms with Crippen LogP contribution < -0.4 is 11.1 Å². The van der Waals surface area contributed by atoms with Crippen LogP contribution in [-0.4, -0.2) is 12.5 Å². The van der Waals surface area contributed by atoms with E-state index in [1.165, 1.54) is 15.0 Å². The van der Waals surface area contributed by atoms with Gasteiger partial charge in [-0.2, -0.15) is 0 Å². The number of anilines is 1. The standard InChI is InChI=1S/C15H14N2OS2/c16-11-3-1-10(2-4-11)5-7-17-15(18)14-9-13-12(20-14)6-8-19-13/h1-4,6,8-9H,5,7,16H2,(H,17,18). The predicted octanol–water partition coefficient (Wildman–Crippen LogP) is 3.52. The van der Waals surface area contributed by atoms with Crippen LogP contribution in [-0.2, 0) is 6.42 Å². The van der Waals surface area contributed by atoms with Crippen molar-refractivity contribution in [2.24, 2.45) is 0 Å². The first kappa shape index (κ1) is 13.1. The largest absolute Gasteiger partial charge is 0.399 e. The molecule has 2 aromatic heterocycles. The zero-order chi connectivity index (χ0) is 13.9. The zero-order valence-corrected chi connectivity index (χ0v) is 12.4. The number of amides is 1. The van der Waals surface area contributed by atoms with Crippen molar-refractivity contribution in [2.45, 2.75) is 6.42 Å². The summed E-state index contributed by atoms with van der Waals surface area (Å²) in [7, 11) is 0. The van der Waals surface area contributed by atoms with Crippen LogP contribution in [0.25, 0.3) is 9.40 Å². The molecule has 0 saturated heterocycles. The third-order valence-electron chi connectivity index (χ3n) is 3.04. The third-order valence-corrected chi connectivity index (χ3v) is 5.13. The number of carbonyl (C=O) groups excluding carboxylic acids is 1. The molecule has 0 bridgehead atoms. The summed E-state index contributed by atoms with van der Waals surface area (Å²) in [6, 6.07) is 11.7. The maximum atomic E-state index is 12.0. The molecule has 0 atom stereocenters. The molecule has 3 rings (SSSR count). The number of nitrogens with one attached hydrogen (secondary N) is 1. The molecule has 5 heteroatoms. The Kier molecular flexibility index (Phi) is 3.71. The van der Waals surface area contributed by atoms with Gasteiger partial charge in [-0.15, -0.1) is 22.7 Å². The topological polar surface area (TPSA) is 55.1 Å². The van der Waals surface area contributed by atoms with Gasteiger partial charge in [0, 0.05) is 21.6 Å². The van der Waals surface area contributed by atoms with Crippen LogP contribution in [0.4, 0.5) is 5.69 Å². The van der Waals surface area contributed by atoms with Crippen molar-refractivity contribution in [3.8, 4) is 0 Å². The van der Waals surface area contributed by atoms with Crippen molar-refractivity contribution in [1.29, 1.82) is 0 Å². The smallest absolute Gasteiger partial charge is 0.261 e. The van der Waals surface area contributed by atoms with Crippen LogP contribution in [0.5, 0.6) is 0 Å². The summed E-state index contributed by atoms with van der Waals surface area (Å²) in [6.45, 7) is 0.633. The minimum atomic E-state index is 0.00819. The summed E-state index contributed by atoms with van der Waals surface area (Å²) in [5, 5.41) is 5.00. The van der Waals surface area contributed by atoms with Gasteiger partial charge in [0.05, 0.1) is 4.88 Å². The molecular formula is C15H14N2OS2. The van der Waals surface area contributed by atoms with Crippen molar-refractivity contribution >= 4 is 43.7 Å². The Hall–Kier alpha value is -1.85. The van der Waals surface area contributed by atoms with Gasteiger partial charge in [0.25, 0.3) is 5.91 Å². The number of benzene rings is 1. The molecule has 3 aromatic rings. The monoisotopic (exact) mass is 302 g/mol. The van der Waals surface area contributed by atoms with Gasteiger partial charge < -0.3 is 11.1 Å². The van der Waals surface area contributed by atoms with Crippen molar-refractivity contribution in [2.75, 3.05) is 12.3 Å². The van der Waals surface area contributed by atoms with Gasteiger partial charge in [-0.1, -0.05) is 12.1 Å². The number of rotatable bonds is 4. The van der Waals surface area contributed by atoms with E-state index in [0.717, 1.165) is 17.0 Å². The van der Waals surface area contributed by atoms with Gasteiger partial charge in [0.2, 0.25) is 0 Å². The van der Waals surface area contributed by atoms with Crippen LogP contribution in [0.1, 0.15) is 15.2 Å². The highest BCUT2D eigenvalue weighted by Gasteiger charge is 2.10. The molecule has 3 nitrogen and oxygen atoms in total. The molecule has 1 amide bonds. The van der Waals surface area contributed by atoms with Crippen molar-refractivity contribution in [3.63, 3.8) is 0 Å². The van der Waals surface area contributed by atoms with Crippen molar-refractivity contribution < 1.29 is 4.79 Å². The fourth-order valence-corrected chi connectivity index (χ4v) is 3.99. The van der Waals surface area contributed by atoms with Gasteiger partial charge in [-0.25, -0.2) is 0 Å². The quantitative estimate of drug-likeness (QED) is 0.725. The first-order chi connectivity index (χ1) is 9.72. The molecule has 0 aliphatic rings. The van der Waals surface area contributed by atoms with E-state index in [0.29, 0.717) is 6.54 Å². The molecule has 3 N–H and O–H groups in total. The van der Waals surface area contributed by atoms with Crippen LogP contribution in [0.2, 0.25) is 0 Å². The lowest BCUT2D eigenvalue weighted by molar-refractivity contribution is 0.0958. The summed E-state index contributed by atoms with van der Waals surface area (Å²) in [6.07, 6.45) is 0.811. The SMILES string of the molecule is Nc1ccc(CCNC(=O)c2cc3sccc3s2)cc1. The zero-order valence-electron chi connectivity index (χ0n) is 10.8. The second-order valence-electron chi connectivity index (χ2n) is 4.51. The molecule has 0 unspecified atom stereocenters. The Morgan fingerprint density at radius 1 is 1.15 bits per heavy atom. The first-order valence-corrected chi connectivity index (χ1v) is 8.01. The normalized spacial score (nSPS) is 10.8. The Labute approximate surface area is 125 Å². The van der Waals surface area contributed by atoms with E-state index in [-0.39, 0.29) is 5.91 Å². The second-order valence-corrected chi connectivity index (χ2v) is 6.54. The molecule has 20 heavy (non-hydrogen) atoms. The first-order valence-electron chi connectivity index (χ1n) is 6.32. The van der Waals surface area contributed by atoms with Gasteiger partial charge >= 0.3 is 0 Å². The maximum absolute atomic E-state index is 12.0. The maximum Gasteiger partial charge on any atom is 0.261 e. The highest BCUT2D eigenvalue weighted by molar-refractivity contribution is 7.27. The molecule has 0 radical (unpaired) electrons. The fraction of sp³-hybridized carbons (Fsp3) is 0.133. The Balaban J connectivity index is 1.56. The number of fused-ring (bicyclic) bond motifs is 1. The molecule has 0 fully saturated rings. The summed E-state index contributed by atoms with van der Waals surface area (Å²) >= 11 is 3.21. The number of hydrogen-bond acceptors (Lipinski definition) is 4. The minimum absolute atomic E-state index is 0.00819. The number of thiophene rings is 2. The van der Waals surface area contributed by atoms with Crippen LogP contribution in [0, 0.1) is 0 Å². The van der Waals surface area contributed by atoms with E-state index in [2.05, 4.69) is 11.4 Å². The lowest BCUT2D eigenvalue weighted by Crippen LogP contribution is -2.24. The van der Waals surface area contributed by atoms with E-state index in [1.54, 1.807) is 22.7 Å². The van der Waals surface area contributed by atoms with E-state index in [1.807, 2.05) is 35.7 Å². The number of nitrogens with two attached hydrogens (primary N) is 1. The minimum Gasteiger partial charge on any atom is -0.399 e. The summed E-state index contributed by atoms with van der Waals surface area (Å²) < 4.78 is 2.36. The second kappa shape index (κ2) is 5.64. The van der Waals surface area contributed by atoms with Gasteiger partial charge in [0.1, 0.15) is 0 Å². The lowest BCUT2D eigenvalue weighted by atomic mass is 10.1. The molecule has 1 aromatic carbocycles. The molecule has 102 valence electrons. The predicted molar refractivity (Wildman–Crippen MR) is 86.6 cm³/mol. The van der Waals surface area contributed by atoms with Gasteiger partial charge in [-0.05, 0) is 41.6 Å². The van der Waals surface area contributed by atoms with Gasteiger partial charge in [-0.3, -0.25) is 4.79 Å². The number of carbonyl (C=O) groups is 1. The van der Waals surface area contributed by atoms with Crippen molar-refractivity contribution in [1.82, 2.24) is 5.32 Å². The van der Waals surface area contributed by atoms with E-state index in [4.69, 9.17) is 5.73 Å². The molecule has 2 heterocycles. The summed E-state index contributed by atoms with van der Waals surface area (Å²) in [5.41, 5.74) is 7.57. The van der Waals surface area contributed by atoms with Crippen LogP contribution in [0.3, 0.4) is 0 Å². The summed E-state index contributed by atoms with van der Waals surface area (Å²) in [4.78, 5) is 12.8. The average molecular weight is 302 g/mol. The van der Waals surface area contributed by atoms with E-state index >= 15 is 0 Å². The Morgan fingerprint density at radius 2 is 1.95 bits per heavy atom. The van der Waals surface area contributed by atoms with Crippen LogP contribution >= 0.6 is 22.7 Å². The van der Waals surface area contributed by atoms with Gasteiger partial charge in [0.15, 0.2) is 0 Å². The third kappa shape index (κ3) is 2.84. The fourth-order valence-electron chi connectivity index (χ4n) is 1.97. The Bertz CT molecular complexity index is 699. The molecule has 0 spiro atoms. The lowest BCUT2D eigenvalue weighted by Gasteiger charge is -2.04. The van der Waals surface area contributed by atoms with E-state index < -0.39 is 0 Å². The van der Waals surface area contributed by atoms with Crippen molar-refractivity contribution in [3.05, 3.63) is 52.2 Å². The highest BCUT2D eigenvalue weighted by atomic mass is 32.1. The number of nitrogen functional groups attached to an aromatic ring is 1. The highest BCUT2D eigenvalue weighted by Crippen LogP contribution is 2.29. The molecule has 0 saturated carbocycles. The molecular weight excluding hydrogens is 288 g/mol. The van der Waals surface area contributed by atoms with Crippen LogP contribution in [0.15, 0.2) is 41.8 Å². The molecule has 0 aliphatic heterocycles. The Morgan fingerprint density at radius 3 is 2.70 bits per heavy atom. The number of hydrogen-bond donors (Lipinski definition) is 2. The summed E-state index contributed by atoms with van der Waals surface area (Å²) in [5.74, 6) is 0.00819. The van der Waals surface area contributed by atoms with E-state index in [9.17, 15) is 4.79 Å².